The SMILES string of the molecule is CCC(O)c1cccc(S(=O)(=O)NCc2ccncn2)c1. The number of aliphatic hydroxyl groups is 1. The molecule has 0 radical (unpaired) electrons. The van der Waals surface area contributed by atoms with Crippen molar-refractivity contribution < 1.29 is 13.5 Å². The van der Waals surface area contributed by atoms with Gasteiger partial charge in [0.25, 0.3) is 0 Å². The molecule has 0 aliphatic rings. The van der Waals surface area contributed by atoms with Gasteiger partial charge in [-0.2, -0.15) is 0 Å². The van der Waals surface area contributed by atoms with Crippen molar-refractivity contribution in [2.24, 2.45) is 0 Å². The molecule has 7 heteroatoms. The summed E-state index contributed by atoms with van der Waals surface area (Å²) in [4.78, 5) is 7.86. The quantitative estimate of drug-likeness (QED) is 0.841. The molecule has 1 aromatic heterocycles. The van der Waals surface area contributed by atoms with Crippen LogP contribution < -0.4 is 4.72 Å². The lowest BCUT2D eigenvalue weighted by Crippen LogP contribution is -2.24. The number of aliphatic hydroxyl groups excluding tert-OH is 1. The van der Waals surface area contributed by atoms with E-state index in [4.69, 9.17) is 0 Å². The Hall–Kier alpha value is -1.83. The number of hydrogen-bond donors (Lipinski definition) is 2. The molecule has 0 bridgehead atoms. The normalized spacial score (nSPS) is 13.0. The highest BCUT2D eigenvalue weighted by Crippen LogP contribution is 2.19. The second kappa shape index (κ2) is 6.75. The topological polar surface area (TPSA) is 92.2 Å². The summed E-state index contributed by atoms with van der Waals surface area (Å²) in [7, 11) is -3.64. The Bertz CT molecular complexity index is 690. The van der Waals surface area contributed by atoms with Crippen molar-refractivity contribution in [3.63, 3.8) is 0 Å². The van der Waals surface area contributed by atoms with Crippen LogP contribution in [0.5, 0.6) is 0 Å². The number of benzene rings is 1. The molecule has 2 N–H and O–H groups in total. The van der Waals surface area contributed by atoms with Crippen molar-refractivity contribution in [2.75, 3.05) is 0 Å². The summed E-state index contributed by atoms with van der Waals surface area (Å²) in [6, 6.07) is 7.94. The third kappa shape index (κ3) is 4.07. The summed E-state index contributed by atoms with van der Waals surface area (Å²) in [5, 5.41) is 9.80. The molecule has 0 spiro atoms. The zero-order chi connectivity index (χ0) is 15.3. The highest BCUT2D eigenvalue weighted by molar-refractivity contribution is 7.89. The van der Waals surface area contributed by atoms with Gasteiger partial charge >= 0.3 is 0 Å². The Labute approximate surface area is 123 Å². The van der Waals surface area contributed by atoms with Gasteiger partial charge in [0.15, 0.2) is 0 Å². The lowest BCUT2D eigenvalue weighted by Gasteiger charge is -2.11. The molecule has 0 saturated heterocycles. The minimum Gasteiger partial charge on any atom is -0.388 e. The lowest BCUT2D eigenvalue weighted by molar-refractivity contribution is 0.173. The molecule has 0 aliphatic carbocycles. The summed E-state index contributed by atoms with van der Waals surface area (Å²) >= 11 is 0. The van der Waals surface area contributed by atoms with Crippen molar-refractivity contribution in [3.05, 3.63) is 54.1 Å². The zero-order valence-electron chi connectivity index (χ0n) is 11.6. The number of nitrogens with zero attached hydrogens (tertiary/aromatic N) is 2. The van der Waals surface area contributed by atoms with Crippen LogP contribution in [0.3, 0.4) is 0 Å². The second-order valence-corrected chi connectivity index (χ2v) is 6.29. The Morgan fingerprint density at radius 2 is 2.14 bits per heavy atom. The molecular formula is C14H17N3O3S. The van der Waals surface area contributed by atoms with Gasteiger partial charge in [-0.3, -0.25) is 0 Å². The molecule has 2 aromatic rings. The highest BCUT2D eigenvalue weighted by atomic mass is 32.2. The molecule has 2 rings (SSSR count). The fraction of sp³-hybridized carbons (Fsp3) is 0.286. The average molecular weight is 307 g/mol. The van der Waals surface area contributed by atoms with Crippen LogP contribution in [0.2, 0.25) is 0 Å². The number of hydrogen-bond acceptors (Lipinski definition) is 5. The zero-order valence-corrected chi connectivity index (χ0v) is 12.4. The summed E-state index contributed by atoms with van der Waals surface area (Å²) in [5.41, 5.74) is 1.17. The summed E-state index contributed by atoms with van der Waals surface area (Å²) in [5.74, 6) is 0. The molecule has 1 unspecified atom stereocenters. The van der Waals surface area contributed by atoms with Crippen LogP contribution in [0.15, 0.2) is 47.8 Å². The number of aromatic nitrogens is 2. The summed E-state index contributed by atoms with van der Waals surface area (Å²) in [6.07, 6.45) is 2.77. The van der Waals surface area contributed by atoms with Gasteiger partial charge in [0.05, 0.1) is 23.2 Å². The Kier molecular flexibility index (Phi) is 5.00. The van der Waals surface area contributed by atoms with Gasteiger partial charge in [0.1, 0.15) is 6.33 Å². The number of rotatable bonds is 6. The maximum atomic E-state index is 12.2. The van der Waals surface area contributed by atoms with E-state index < -0.39 is 16.1 Å². The largest absolute Gasteiger partial charge is 0.388 e. The van der Waals surface area contributed by atoms with Crippen LogP contribution in [0.25, 0.3) is 0 Å². The van der Waals surface area contributed by atoms with E-state index in [9.17, 15) is 13.5 Å². The van der Waals surface area contributed by atoms with Crippen LogP contribution in [0.4, 0.5) is 0 Å². The van der Waals surface area contributed by atoms with Gasteiger partial charge < -0.3 is 5.11 Å². The van der Waals surface area contributed by atoms with E-state index in [1.165, 1.54) is 18.5 Å². The first-order chi connectivity index (χ1) is 10.0. The van der Waals surface area contributed by atoms with Crippen LogP contribution in [-0.4, -0.2) is 23.5 Å². The molecular weight excluding hydrogens is 290 g/mol. The Morgan fingerprint density at radius 3 is 2.81 bits per heavy atom. The predicted molar refractivity (Wildman–Crippen MR) is 77.8 cm³/mol. The molecule has 1 aromatic carbocycles. The van der Waals surface area contributed by atoms with Gasteiger partial charge in [-0.1, -0.05) is 19.1 Å². The van der Waals surface area contributed by atoms with Crippen molar-refractivity contribution in [3.8, 4) is 0 Å². The fourth-order valence-electron chi connectivity index (χ4n) is 1.80. The van der Waals surface area contributed by atoms with Crippen molar-refractivity contribution in [1.82, 2.24) is 14.7 Å². The number of sulfonamides is 1. The average Bonchev–Trinajstić information content (AvgIpc) is 2.53. The lowest BCUT2D eigenvalue weighted by atomic mass is 10.1. The molecule has 0 amide bonds. The molecule has 0 fully saturated rings. The molecule has 0 aliphatic heterocycles. The monoisotopic (exact) mass is 307 g/mol. The van der Waals surface area contributed by atoms with Crippen molar-refractivity contribution in [1.29, 1.82) is 0 Å². The summed E-state index contributed by atoms with van der Waals surface area (Å²) in [6.45, 7) is 1.92. The summed E-state index contributed by atoms with van der Waals surface area (Å²) < 4.78 is 26.9. The molecule has 6 nitrogen and oxygen atoms in total. The van der Waals surface area contributed by atoms with E-state index in [2.05, 4.69) is 14.7 Å². The third-order valence-corrected chi connectivity index (χ3v) is 4.43. The van der Waals surface area contributed by atoms with E-state index in [1.54, 1.807) is 24.4 Å². The minimum absolute atomic E-state index is 0.0887. The molecule has 1 heterocycles. The molecule has 1 atom stereocenters. The molecule has 0 saturated carbocycles. The van der Waals surface area contributed by atoms with E-state index in [0.29, 0.717) is 17.7 Å². The first kappa shape index (κ1) is 15.6. The maximum absolute atomic E-state index is 12.2. The minimum atomic E-state index is -3.64. The van der Waals surface area contributed by atoms with Gasteiger partial charge in [0.2, 0.25) is 10.0 Å². The van der Waals surface area contributed by atoms with Crippen molar-refractivity contribution >= 4 is 10.0 Å². The van der Waals surface area contributed by atoms with E-state index >= 15 is 0 Å². The van der Waals surface area contributed by atoms with E-state index in [-0.39, 0.29) is 11.4 Å². The first-order valence-corrected chi connectivity index (χ1v) is 8.04. The second-order valence-electron chi connectivity index (χ2n) is 4.52. The van der Waals surface area contributed by atoms with Crippen LogP contribution in [0.1, 0.15) is 30.7 Å². The Balaban J connectivity index is 2.16. The molecule has 112 valence electrons. The molecule has 21 heavy (non-hydrogen) atoms. The van der Waals surface area contributed by atoms with Gasteiger partial charge in [0, 0.05) is 6.20 Å². The van der Waals surface area contributed by atoms with E-state index in [1.807, 2.05) is 6.92 Å². The number of nitrogens with one attached hydrogen (secondary N) is 1. The smallest absolute Gasteiger partial charge is 0.240 e. The standard InChI is InChI=1S/C14H17N3O3S/c1-2-14(18)11-4-3-5-13(8-11)21(19,20)17-9-12-6-7-15-10-16-12/h3-8,10,14,17-18H,2,9H2,1H3. The van der Waals surface area contributed by atoms with Crippen LogP contribution in [-0.2, 0) is 16.6 Å². The maximum Gasteiger partial charge on any atom is 0.240 e. The van der Waals surface area contributed by atoms with Crippen LogP contribution >= 0.6 is 0 Å². The van der Waals surface area contributed by atoms with Crippen molar-refractivity contribution in [2.45, 2.75) is 30.9 Å². The Morgan fingerprint density at radius 1 is 1.33 bits per heavy atom. The van der Waals surface area contributed by atoms with Gasteiger partial charge in [-0.15, -0.1) is 0 Å². The fourth-order valence-corrected chi connectivity index (χ4v) is 2.85. The van der Waals surface area contributed by atoms with Gasteiger partial charge in [-0.25, -0.2) is 23.1 Å². The van der Waals surface area contributed by atoms with Gasteiger partial charge in [-0.05, 0) is 30.2 Å². The predicted octanol–water partition coefficient (Wildman–Crippen LogP) is 1.40. The highest BCUT2D eigenvalue weighted by Gasteiger charge is 2.16. The van der Waals surface area contributed by atoms with E-state index in [0.717, 1.165) is 0 Å². The third-order valence-electron chi connectivity index (χ3n) is 3.03. The van der Waals surface area contributed by atoms with Crippen LogP contribution in [0, 0.1) is 0 Å². The first-order valence-electron chi connectivity index (χ1n) is 6.55.